The Morgan fingerprint density at radius 2 is 2.12 bits per heavy atom. The highest BCUT2D eigenvalue weighted by Crippen LogP contribution is 2.22. The largest absolute Gasteiger partial charge is 0.478 e. The van der Waals surface area contributed by atoms with Crippen LogP contribution in [-0.2, 0) is 0 Å². The van der Waals surface area contributed by atoms with Crippen molar-refractivity contribution in [3.63, 3.8) is 0 Å². The van der Waals surface area contributed by atoms with Crippen LogP contribution in [0.25, 0.3) is 0 Å². The topological polar surface area (TPSA) is 40.5 Å². The van der Waals surface area contributed by atoms with Gasteiger partial charge in [-0.05, 0) is 18.1 Å². The van der Waals surface area contributed by atoms with Gasteiger partial charge in [-0.15, -0.1) is 0 Å². The van der Waals surface area contributed by atoms with Crippen molar-refractivity contribution in [3.05, 3.63) is 29.6 Å². The number of benzene rings is 1. The first kappa shape index (κ1) is 12.5. The highest BCUT2D eigenvalue weighted by molar-refractivity contribution is 5.94. The van der Waals surface area contributed by atoms with E-state index in [4.69, 9.17) is 5.11 Å². The van der Waals surface area contributed by atoms with Crippen LogP contribution in [-0.4, -0.2) is 24.7 Å². The van der Waals surface area contributed by atoms with Gasteiger partial charge in [-0.2, -0.15) is 0 Å². The van der Waals surface area contributed by atoms with Gasteiger partial charge in [0.25, 0.3) is 0 Å². The maximum Gasteiger partial charge on any atom is 0.340 e. The number of hydrogen-bond acceptors (Lipinski definition) is 2. The number of rotatable bonds is 4. The van der Waals surface area contributed by atoms with Crippen molar-refractivity contribution >= 4 is 11.7 Å². The molecule has 0 bridgehead atoms. The quantitative estimate of drug-likeness (QED) is 0.856. The predicted molar refractivity (Wildman–Crippen MR) is 61.5 cm³/mol. The molecule has 1 N–H and O–H groups in total. The summed E-state index contributed by atoms with van der Waals surface area (Å²) in [4.78, 5) is 12.7. The molecule has 0 aliphatic carbocycles. The minimum atomic E-state index is -1.23. The zero-order valence-electron chi connectivity index (χ0n) is 9.70. The third-order valence-corrected chi connectivity index (χ3v) is 2.26. The third-order valence-electron chi connectivity index (χ3n) is 2.26. The average molecular weight is 225 g/mol. The molecule has 1 aromatic carbocycles. The lowest BCUT2D eigenvalue weighted by atomic mass is 10.1. The molecule has 0 atom stereocenters. The van der Waals surface area contributed by atoms with E-state index in [1.807, 2.05) is 13.8 Å². The second-order valence-corrected chi connectivity index (χ2v) is 4.21. The van der Waals surface area contributed by atoms with Gasteiger partial charge >= 0.3 is 5.97 Å². The van der Waals surface area contributed by atoms with Crippen LogP contribution < -0.4 is 4.90 Å². The van der Waals surface area contributed by atoms with Crippen LogP contribution >= 0.6 is 0 Å². The van der Waals surface area contributed by atoms with E-state index in [0.29, 0.717) is 18.2 Å². The minimum absolute atomic E-state index is 0.259. The summed E-state index contributed by atoms with van der Waals surface area (Å²) in [5.41, 5.74) is 0.159. The number of carbonyl (C=O) groups is 1. The van der Waals surface area contributed by atoms with Crippen molar-refractivity contribution in [2.75, 3.05) is 18.5 Å². The molecule has 0 heterocycles. The van der Waals surface area contributed by atoms with E-state index in [-0.39, 0.29) is 5.56 Å². The molecular formula is C12H16FNO2. The zero-order valence-corrected chi connectivity index (χ0v) is 9.70. The van der Waals surface area contributed by atoms with Gasteiger partial charge in [0.1, 0.15) is 11.4 Å². The normalized spacial score (nSPS) is 10.6. The van der Waals surface area contributed by atoms with Crippen molar-refractivity contribution in [3.8, 4) is 0 Å². The molecule has 0 radical (unpaired) electrons. The van der Waals surface area contributed by atoms with Crippen LogP contribution in [0.15, 0.2) is 18.2 Å². The van der Waals surface area contributed by atoms with Gasteiger partial charge in [0, 0.05) is 13.6 Å². The lowest BCUT2D eigenvalue weighted by Gasteiger charge is -2.23. The maximum absolute atomic E-state index is 13.4. The number of halogens is 1. The zero-order chi connectivity index (χ0) is 12.3. The Morgan fingerprint density at radius 1 is 1.50 bits per heavy atom. The molecule has 3 nitrogen and oxygen atoms in total. The summed E-state index contributed by atoms with van der Waals surface area (Å²) in [5.74, 6) is -1.54. The summed E-state index contributed by atoms with van der Waals surface area (Å²) < 4.78 is 13.4. The number of aromatic carboxylic acids is 1. The van der Waals surface area contributed by atoms with Gasteiger partial charge in [-0.1, -0.05) is 19.9 Å². The van der Waals surface area contributed by atoms with Crippen LogP contribution in [0.2, 0.25) is 0 Å². The summed E-state index contributed by atoms with van der Waals surface area (Å²) in [6.07, 6.45) is 0. The number of nitrogens with zero attached hydrogens (tertiary/aromatic N) is 1. The first-order valence-corrected chi connectivity index (χ1v) is 5.16. The van der Waals surface area contributed by atoms with Crippen LogP contribution in [0, 0.1) is 11.7 Å². The molecule has 0 saturated carbocycles. The van der Waals surface area contributed by atoms with E-state index in [9.17, 15) is 9.18 Å². The Balaban J connectivity index is 3.12. The van der Waals surface area contributed by atoms with E-state index in [2.05, 4.69) is 0 Å². The molecule has 1 aromatic rings. The van der Waals surface area contributed by atoms with E-state index >= 15 is 0 Å². The van der Waals surface area contributed by atoms with Crippen LogP contribution in [0.1, 0.15) is 24.2 Å². The van der Waals surface area contributed by atoms with E-state index < -0.39 is 11.8 Å². The van der Waals surface area contributed by atoms with Gasteiger partial charge in [-0.25, -0.2) is 9.18 Å². The van der Waals surface area contributed by atoms with Gasteiger partial charge in [0.15, 0.2) is 0 Å². The second kappa shape index (κ2) is 4.96. The number of carboxylic acids is 1. The average Bonchev–Trinajstić information content (AvgIpc) is 2.15. The molecule has 4 heteroatoms. The molecule has 0 aromatic heterocycles. The SMILES string of the molecule is CC(C)CN(C)c1cccc(F)c1C(=O)O. The molecule has 0 unspecified atom stereocenters. The van der Waals surface area contributed by atoms with Crippen molar-refractivity contribution < 1.29 is 14.3 Å². The Kier molecular flexibility index (Phi) is 3.88. The van der Waals surface area contributed by atoms with Crippen LogP contribution in [0.5, 0.6) is 0 Å². The number of carboxylic acid groups (broad SMARTS) is 1. The van der Waals surface area contributed by atoms with Crippen molar-refractivity contribution in [2.45, 2.75) is 13.8 Å². The second-order valence-electron chi connectivity index (χ2n) is 4.21. The molecule has 0 aliphatic heterocycles. The lowest BCUT2D eigenvalue weighted by molar-refractivity contribution is 0.0692. The Labute approximate surface area is 94.5 Å². The summed E-state index contributed by atoms with van der Waals surface area (Å²) in [6.45, 7) is 4.73. The fourth-order valence-corrected chi connectivity index (χ4v) is 1.69. The lowest BCUT2D eigenvalue weighted by Crippen LogP contribution is -2.25. The van der Waals surface area contributed by atoms with Gasteiger partial charge in [-0.3, -0.25) is 0 Å². The monoisotopic (exact) mass is 225 g/mol. The molecule has 88 valence electrons. The van der Waals surface area contributed by atoms with Crippen molar-refractivity contribution in [1.29, 1.82) is 0 Å². The molecule has 0 saturated heterocycles. The summed E-state index contributed by atoms with van der Waals surface area (Å²) in [6, 6.07) is 4.30. The predicted octanol–water partition coefficient (Wildman–Crippen LogP) is 2.62. The first-order valence-electron chi connectivity index (χ1n) is 5.16. The van der Waals surface area contributed by atoms with Crippen LogP contribution in [0.3, 0.4) is 0 Å². The summed E-state index contributed by atoms with van der Waals surface area (Å²) >= 11 is 0. The highest BCUT2D eigenvalue weighted by atomic mass is 19.1. The Hall–Kier alpha value is -1.58. The molecule has 0 amide bonds. The standard InChI is InChI=1S/C12H16FNO2/c1-8(2)7-14(3)10-6-4-5-9(13)11(10)12(15)16/h4-6,8H,7H2,1-3H3,(H,15,16). The molecule has 1 rings (SSSR count). The number of hydrogen-bond donors (Lipinski definition) is 1. The highest BCUT2D eigenvalue weighted by Gasteiger charge is 2.18. The maximum atomic E-state index is 13.4. The molecule has 16 heavy (non-hydrogen) atoms. The van der Waals surface area contributed by atoms with Crippen molar-refractivity contribution in [2.24, 2.45) is 5.92 Å². The van der Waals surface area contributed by atoms with Crippen molar-refractivity contribution in [1.82, 2.24) is 0 Å². The van der Waals surface area contributed by atoms with E-state index in [1.165, 1.54) is 6.07 Å². The number of anilines is 1. The van der Waals surface area contributed by atoms with Gasteiger partial charge in [0.05, 0.1) is 5.69 Å². The first-order chi connectivity index (χ1) is 7.43. The fraction of sp³-hybridized carbons (Fsp3) is 0.417. The van der Waals surface area contributed by atoms with E-state index in [1.54, 1.807) is 18.0 Å². The molecule has 0 aliphatic rings. The van der Waals surface area contributed by atoms with Gasteiger partial charge in [0.2, 0.25) is 0 Å². The van der Waals surface area contributed by atoms with E-state index in [0.717, 1.165) is 6.07 Å². The van der Waals surface area contributed by atoms with Crippen LogP contribution in [0.4, 0.5) is 10.1 Å². The molecular weight excluding hydrogens is 209 g/mol. The minimum Gasteiger partial charge on any atom is -0.478 e. The molecule has 0 spiro atoms. The molecule has 0 fully saturated rings. The van der Waals surface area contributed by atoms with Gasteiger partial charge < -0.3 is 10.0 Å². The fourth-order valence-electron chi connectivity index (χ4n) is 1.69. The summed E-state index contributed by atoms with van der Waals surface area (Å²) in [7, 11) is 1.77. The smallest absolute Gasteiger partial charge is 0.340 e. The Bertz CT molecular complexity index is 391. The third kappa shape index (κ3) is 2.72. The Morgan fingerprint density at radius 3 is 2.62 bits per heavy atom. The summed E-state index contributed by atoms with van der Waals surface area (Å²) in [5, 5.41) is 8.96.